The van der Waals surface area contributed by atoms with Gasteiger partial charge in [-0.15, -0.1) is 0 Å². The van der Waals surface area contributed by atoms with Crippen LogP contribution in [-0.2, 0) is 65.2 Å². The molecule has 0 aromatic rings. The van der Waals surface area contributed by atoms with Gasteiger partial charge < -0.3 is 49.3 Å². The van der Waals surface area contributed by atoms with Crippen molar-refractivity contribution in [1.82, 2.24) is 0 Å². The van der Waals surface area contributed by atoms with Gasteiger partial charge in [0.2, 0.25) is 0 Å². The Morgan fingerprint density at radius 3 is 0.286 bits per heavy atom. The van der Waals surface area contributed by atoms with Crippen LogP contribution < -0.4 is 0 Å². The maximum Gasteiger partial charge on any atom is 3.00 e. The average Bonchev–Trinajstić information content (AvgIpc) is 0. The third-order valence-corrected chi connectivity index (χ3v) is 0. The molecule has 0 aliphatic heterocycles. The summed E-state index contributed by atoms with van der Waals surface area (Å²) < 4.78 is 0. The number of hydrogen-bond acceptors (Lipinski definition) is 6. The van der Waals surface area contributed by atoms with E-state index in [4.69, 9.17) is 0 Å². The molecule has 0 aromatic carbocycles. The van der Waals surface area contributed by atoms with E-state index in [0.29, 0.717) is 0 Å². The maximum absolute atomic E-state index is 0. The SMILES string of the molecule is O.O.O.[La+3].[La+3].[OH-].[OH-].[OH-].[OH-].[OH-].[OH-].[Ti].[Ti].[Ti]. The van der Waals surface area contributed by atoms with Crippen molar-refractivity contribution in [2.45, 2.75) is 0 Å². The van der Waals surface area contributed by atoms with Gasteiger partial charge in [-0.05, 0) is 0 Å². The predicted octanol–water partition coefficient (Wildman–Crippen LogP) is -3.54. The van der Waals surface area contributed by atoms with E-state index in [0.717, 1.165) is 0 Å². The topological polar surface area (TPSA) is 274 Å². The Balaban J connectivity index is 0. The molecule has 0 spiro atoms. The Morgan fingerprint density at radius 2 is 0.286 bits per heavy atom. The molecule has 0 aliphatic rings. The summed E-state index contributed by atoms with van der Waals surface area (Å²) in [6.07, 6.45) is 0. The van der Waals surface area contributed by atoms with E-state index in [-0.39, 0.29) is 186 Å². The van der Waals surface area contributed by atoms with Gasteiger partial charge in [-0.2, -0.15) is 0 Å². The third kappa shape index (κ3) is 214. The Bertz CT molecular complexity index is 18.0. The van der Waals surface area contributed by atoms with Gasteiger partial charge in [0, 0.05) is 65.2 Å². The summed E-state index contributed by atoms with van der Waals surface area (Å²) in [4.78, 5) is 0. The molecule has 0 radical (unpaired) electrons. The van der Waals surface area contributed by atoms with E-state index in [9.17, 15) is 0 Å². The van der Waals surface area contributed by atoms with Gasteiger partial charge in [0.25, 0.3) is 0 Å². The third-order valence-electron chi connectivity index (χ3n) is 0. The zero-order valence-electron chi connectivity index (χ0n) is 6.84. The first-order valence-electron chi connectivity index (χ1n) is 0. The first kappa shape index (κ1) is 308. The second kappa shape index (κ2) is 258. The van der Waals surface area contributed by atoms with Crippen molar-refractivity contribution in [1.29, 1.82) is 0 Å². The van der Waals surface area contributed by atoms with Gasteiger partial charge in [-0.25, -0.2) is 0 Å². The smallest absolute Gasteiger partial charge is 0.870 e. The van der Waals surface area contributed by atoms with Crippen molar-refractivity contribution in [2.75, 3.05) is 0 Å². The van der Waals surface area contributed by atoms with E-state index < -0.39 is 0 Å². The van der Waals surface area contributed by atoms with E-state index in [1.807, 2.05) is 0 Å². The molecule has 0 bridgehead atoms. The van der Waals surface area contributed by atoms with Gasteiger partial charge in [0.1, 0.15) is 0 Å². The molecule has 0 saturated heterocycles. The zero-order chi connectivity index (χ0) is 0. The molecule has 0 atom stereocenters. The molecule has 0 rings (SSSR count). The summed E-state index contributed by atoms with van der Waals surface area (Å²) in [7, 11) is 0. The van der Waals surface area contributed by atoms with E-state index in [1.165, 1.54) is 0 Å². The normalized spacial score (nSPS) is 0. The molecule has 0 heterocycles. The van der Waals surface area contributed by atoms with Crippen LogP contribution in [0, 0.1) is 71.2 Å². The molecule has 0 fully saturated rings. The van der Waals surface area contributed by atoms with E-state index >= 15 is 0 Å². The van der Waals surface area contributed by atoms with Gasteiger partial charge in [0.05, 0.1) is 0 Å². The molecule has 0 unspecified atom stereocenters. The van der Waals surface area contributed by atoms with Crippen LogP contribution in [0.5, 0.6) is 0 Å². The first-order chi connectivity index (χ1) is 0. The summed E-state index contributed by atoms with van der Waals surface area (Å²) in [5.74, 6) is 0. The van der Waals surface area contributed by atoms with Gasteiger partial charge in [0.15, 0.2) is 0 Å². The summed E-state index contributed by atoms with van der Waals surface area (Å²) in [5.41, 5.74) is 0. The van der Waals surface area contributed by atoms with Crippen LogP contribution >= 0.6 is 0 Å². The molecule has 84 valence electrons. The van der Waals surface area contributed by atoms with E-state index in [2.05, 4.69) is 0 Å². The van der Waals surface area contributed by atoms with Crippen LogP contribution in [-0.4, -0.2) is 49.3 Å². The Labute approximate surface area is 182 Å². The molecular weight excluding hydrogens is 565 g/mol. The second-order valence-electron chi connectivity index (χ2n) is 0. The maximum atomic E-state index is 0. The number of rotatable bonds is 0. The molecule has 0 saturated carbocycles. The van der Waals surface area contributed by atoms with Crippen molar-refractivity contribution in [3.05, 3.63) is 0 Å². The summed E-state index contributed by atoms with van der Waals surface area (Å²) in [5, 5.41) is 0. The zero-order valence-corrected chi connectivity index (χ0v) is 18.8. The Hall–Kier alpha value is 4.17. The molecule has 0 aliphatic carbocycles. The fourth-order valence-electron chi connectivity index (χ4n) is 0. The molecule has 14 heavy (non-hydrogen) atoms. The van der Waals surface area contributed by atoms with Crippen molar-refractivity contribution in [3.8, 4) is 0 Å². The standard InChI is InChI=1S/2La.9H2O.3Ti/h;;9*1H2;;;/q2*+3;;;;;;;;;;;;/p-6. The number of hydrogen-bond donors (Lipinski definition) is 0. The van der Waals surface area contributed by atoms with Gasteiger partial charge in [-0.3, -0.25) is 0 Å². The first-order valence-corrected chi connectivity index (χ1v) is 0. The summed E-state index contributed by atoms with van der Waals surface area (Å²) >= 11 is 0. The van der Waals surface area contributed by atoms with Crippen LogP contribution in [0.15, 0.2) is 0 Å². The monoisotopic (exact) mass is 578 g/mol. The minimum Gasteiger partial charge on any atom is -0.870 e. The van der Waals surface area contributed by atoms with Gasteiger partial charge >= 0.3 is 71.2 Å². The van der Waals surface area contributed by atoms with Crippen LogP contribution in [0.1, 0.15) is 0 Å². The molecule has 12 N–H and O–H groups in total. The fourth-order valence-corrected chi connectivity index (χ4v) is 0. The molecule has 14 heteroatoms. The van der Waals surface area contributed by atoms with Crippen LogP contribution in [0.4, 0.5) is 0 Å². The van der Waals surface area contributed by atoms with Crippen LogP contribution in [0.2, 0.25) is 0 Å². The molecule has 9 nitrogen and oxygen atoms in total. The summed E-state index contributed by atoms with van der Waals surface area (Å²) in [6.45, 7) is 0. The molecular formula is H12La2O9Ti3. The van der Waals surface area contributed by atoms with Gasteiger partial charge in [-0.1, -0.05) is 0 Å². The fraction of sp³-hybridized carbons (Fsp3) is 0. The predicted molar refractivity (Wildman–Crippen MR) is 22.5 cm³/mol. The quantitative estimate of drug-likeness (QED) is 0.263. The van der Waals surface area contributed by atoms with Crippen molar-refractivity contribution in [2.24, 2.45) is 0 Å². The van der Waals surface area contributed by atoms with E-state index in [1.54, 1.807) is 0 Å². The van der Waals surface area contributed by atoms with Crippen molar-refractivity contribution < 1.29 is 186 Å². The Morgan fingerprint density at radius 1 is 0.286 bits per heavy atom. The largest absolute Gasteiger partial charge is 3.00 e. The van der Waals surface area contributed by atoms with Crippen LogP contribution in [0.25, 0.3) is 0 Å². The Kier molecular flexibility index (Phi) is 5670. The minimum atomic E-state index is 0. The van der Waals surface area contributed by atoms with Crippen LogP contribution in [0.3, 0.4) is 0 Å². The molecule has 0 aromatic heterocycles. The summed E-state index contributed by atoms with van der Waals surface area (Å²) in [6, 6.07) is 0. The second-order valence-corrected chi connectivity index (χ2v) is 0. The van der Waals surface area contributed by atoms with Crippen molar-refractivity contribution in [3.63, 3.8) is 0 Å². The minimum absolute atomic E-state index is 0. The molecule has 0 amide bonds. The van der Waals surface area contributed by atoms with Crippen molar-refractivity contribution >= 4 is 0 Å². The average molecular weight is 578 g/mol.